The van der Waals surface area contributed by atoms with Crippen LogP contribution in [0.3, 0.4) is 0 Å². The molecule has 2 aromatic carbocycles. The molecule has 0 bridgehead atoms. The van der Waals surface area contributed by atoms with Crippen LogP contribution in [-0.2, 0) is 9.59 Å². The monoisotopic (exact) mass is 364 g/mol. The molecule has 1 saturated heterocycles. The van der Waals surface area contributed by atoms with Crippen LogP contribution in [0.25, 0.3) is 11.1 Å². The number of likely N-dealkylation sites (tertiary alicyclic amines) is 1. The van der Waals surface area contributed by atoms with E-state index in [9.17, 15) is 9.59 Å². The molecule has 2 amide bonds. The van der Waals surface area contributed by atoms with Gasteiger partial charge in [-0.2, -0.15) is 0 Å². The van der Waals surface area contributed by atoms with Gasteiger partial charge in [-0.15, -0.1) is 0 Å². The van der Waals surface area contributed by atoms with Crippen LogP contribution in [0.4, 0.5) is 5.69 Å². The Bertz CT molecular complexity index is 761. The summed E-state index contributed by atoms with van der Waals surface area (Å²) in [7, 11) is 0. The zero-order chi connectivity index (χ0) is 19.2. The van der Waals surface area contributed by atoms with Crippen LogP contribution in [-0.4, -0.2) is 29.8 Å². The topological polar surface area (TPSA) is 49.4 Å². The van der Waals surface area contributed by atoms with Gasteiger partial charge in [0.25, 0.3) is 0 Å². The maximum atomic E-state index is 12.4. The Morgan fingerprint density at radius 2 is 1.56 bits per heavy atom. The summed E-state index contributed by atoms with van der Waals surface area (Å²) in [6, 6.07) is 18.1. The summed E-state index contributed by atoms with van der Waals surface area (Å²) in [5.41, 5.74) is 3.13. The van der Waals surface area contributed by atoms with Crippen LogP contribution in [0.2, 0.25) is 0 Å². The number of piperidine rings is 1. The van der Waals surface area contributed by atoms with Crippen LogP contribution >= 0.6 is 0 Å². The number of hydrogen-bond acceptors (Lipinski definition) is 2. The molecule has 142 valence electrons. The molecule has 0 aliphatic carbocycles. The summed E-state index contributed by atoms with van der Waals surface area (Å²) in [5.74, 6) is 0.668. The van der Waals surface area contributed by atoms with Crippen molar-refractivity contribution in [3.8, 4) is 11.1 Å². The number of amides is 2. The maximum Gasteiger partial charge on any atom is 0.225 e. The summed E-state index contributed by atoms with van der Waals surface area (Å²) in [4.78, 5) is 26.3. The summed E-state index contributed by atoms with van der Waals surface area (Å²) in [6.07, 6.45) is 2.32. The first-order valence-corrected chi connectivity index (χ1v) is 9.77. The lowest BCUT2D eigenvalue weighted by Gasteiger charge is -2.32. The average Bonchev–Trinajstić information content (AvgIpc) is 2.69. The van der Waals surface area contributed by atoms with Crippen molar-refractivity contribution < 1.29 is 9.59 Å². The summed E-state index contributed by atoms with van der Waals surface area (Å²) in [6.45, 7) is 5.40. The van der Waals surface area contributed by atoms with E-state index in [1.165, 1.54) is 0 Å². The van der Waals surface area contributed by atoms with Gasteiger partial charge in [0, 0.05) is 31.1 Å². The van der Waals surface area contributed by atoms with Gasteiger partial charge >= 0.3 is 0 Å². The molecule has 0 unspecified atom stereocenters. The molecule has 27 heavy (non-hydrogen) atoms. The third-order valence-electron chi connectivity index (χ3n) is 5.17. The molecular formula is C23H28N2O2. The molecule has 2 aromatic rings. The minimum Gasteiger partial charge on any atom is -0.342 e. The lowest BCUT2D eigenvalue weighted by atomic mass is 9.92. The van der Waals surface area contributed by atoms with Gasteiger partial charge in [0.2, 0.25) is 11.8 Å². The van der Waals surface area contributed by atoms with Crippen LogP contribution in [0, 0.1) is 11.8 Å². The van der Waals surface area contributed by atoms with Crippen LogP contribution in [0.15, 0.2) is 54.6 Å². The minimum absolute atomic E-state index is 0.0451. The summed E-state index contributed by atoms with van der Waals surface area (Å²) in [5, 5.41) is 3.00. The molecule has 3 rings (SSSR count). The van der Waals surface area contributed by atoms with Gasteiger partial charge < -0.3 is 10.2 Å². The van der Waals surface area contributed by atoms with E-state index in [1.807, 2.05) is 61.2 Å². The number of nitrogens with one attached hydrogen (secondary N) is 1. The van der Waals surface area contributed by atoms with Crippen molar-refractivity contribution in [2.24, 2.45) is 11.8 Å². The quantitative estimate of drug-likeness (QED) is 0.844. The predicted octanol–water partition coefficient (Wildman–Crippen LogP) is 4.58. The average molecular weight is 364 g/mol. The number of rotatable bonds is 5. The van der Waals surface area contributed by atoms with Crippen molar-refractivity contribution in [1.29, 1.82) is 0 Å². The lowest BCUT2D eigenvalue weighted by molar-refractivity contribution is -0.135. The number of carbonyl (C=O) groups is 2. The summed E-state index contributed by atoms with van der Waals surface area (Å²) < 4.78 is 0. The number of anilines is 1. The second-order valence-corrected chi connectivity index (χ2v) is 7.62. The third kappa shape index (κ3) is 5.19. The van der Waals surface area contributed by atoms with E-state index in [0.29, 0.717) is 12.3 Å². The molecule has 0 radical (unpaired) electrons. The highest BCUT2D eigenvalue weighted by atomic mass is 16.2. The van der Waals surface area contributed by atoms with Crippen molar-refractivity contribution >= 4 is 17.5 Å². The van der Waals surface area contributed by atoms with E-state index < -0.39 is 0 Å². The number of benzene rings is 2. The van der Waals surface area contributed by atoms with Crippen molar-refractivity contribution in [1.82, 2.24) is 4.90 Å². The Morgan fingerprint density at radius 1 is 0.963 bits per heavy atom. The molecule has 0 saturated carbocycles. The molecule has 1 heterocycles. The van der Waals surface area contributed by atoms with E-state index in [-0.39, 0.29) is 17.7 Å². The Hall–Kier alpha value is -2.62. The zero-order valence-corrected chi connectivity index (χ0v) is 16.2. The third-order valence-corrected chi connectivity index (χ3v) is 5.17. The van der Waals surface area contributed by atoms with E-state index in [0.717, 1.165) is 42.7 Å². The number of nitrogens with zero attached hydrogens (tertiary/aromatic N) is 1. The first kappa shape index (κ1) is 19.2. The number of hydrogen-bond donors (Lipinski definition) is 1. The van der Waals surface area contributed by atoms with Gasteiger partial charge in [-0.25, -0.2) is 0 Å². The molecule has 0 atom stereocenters. The Balaban J connectivity index is 1.48. The molecular weight excluding hydrogens is 336 g/mol. The van der Waals surface area contributed by atoms with Gasteiger partial charge in [-0.1, -0.05) is 56.3 Å². The van der Waals surface area contributed by atoms with Gasteiger partial charge in [-0.3, -0.25) is 9.59 Å². The maximum absolute atomic E-state index is 12.4. The molecule has 0 aromatic heterocycles. The standard InChI is InChI=1S/C23H28N2O2/c1-17(2)23(27)25-14-12-18(13-15-25)16-22(26)24-21-10-8-20(9-11-21)19-6-4-3-5-7-19/h3-11,17-18H,12-16H2,1-2H3,(H,24,26). The van der Waals surface area contributed by atoms with Crippen molar-refractivity contribution in [2.75, 3.05) is 18.4 Å². The minimum atomic E-state index is 0.0451. The highest BCUT2D eigenvalue weighted by Crippen LogP contribution is 2.24. The molecule has 1 fully saturated rings. The van der Waals surface area contributed by atoms with E-state index >= 15 is 0 Å². The molecule has 4 nitrogen and oxygen atoms in total. The molecule has 1 aliphatic heterocycles. The van der Waals surface area contributed by atoms with E-state index in [1.54, 1.807) is 0 Å². The molecule has 1 N–H and O–H groups in total. The second-order valence-electron chi connectivity index (χ2n) is 7.62. The van der Waals surface area contributed by atoms with Crippen LogP contribution in [0.5, 0.6) is 0 Å². The van der Waals surface area contributed by atoms with Crippen molar-refractivity contribution in [3.05, 3.63) is 54.6 Å². The molecule has 1 aliphatic rings. The van der Waals surface area contributed by atoms with Crippen LogP contribution < -0.4 is 5.32 Å². The fourth-order valence-electron chi connectivity index (χ4n) is 3.57. The fraction of sp³-hybridized carbons (Fsp3) is 0.391. The van der Waals surface area contributed by atoms with Crippen molar-refractivity contribution in [2.45, 2.75) is 33.1 Å². The number of carbonyl (C=O) groups excluding carboxylic acids is 2. The van der Waals surface area contributed by atoms with E-state index in [4.69, 9.17) is 0 Å². The van der Waals surface area contributed by atoms with E-state index in [2.05, 4.69) is 17.4 Å². The largest absolute Gasteiger partial charge is 0.342 e. The molecule has 4 heteroatoms. The van der Waals surface area contributed by atoms with Gasteiger partial charge in [0.15, 0.2) is 0 Å². The highest BCUT2D eigenvalue weighted by Gasteiger charge is 2.25. The van der Waals surface area contributed by atoms with Gasteiger partial charge in [0.05, 0.1) is 0 Å². The Kier molecular flexibility index (Phi) is 6.28. The predicted molar refractivity (Wildman–Crippen MR) is 109 cm³/mol. The molecule has 0 spiro atoms. The highest BCUT2D eigenvalue weighted by molar-refractivity contribution is 5.91. The fourth-order valence-corrected chi connectivity index (χ4v) is 3.57. The first-order chi connectivity index (χ1) is 13.0. The SMILES string of the molecule is CC(C)C(=O)N1CCC(CC(=O)Nc2ccc(-c3ccccc3)cc2)CC1. The van der Waals surface area contributed by atoms with Crippen LogP contribution in [0.1, 0.15) is 33.1 Å². The second kappa shape index (κ2) is 8.85. The van der Waals surface area contributed by atoms with Crippen molar-refractivity contribution in [3.63, 3.8) is 0 Å². The van der Waals surface area contributed by atoms with Gasteiger partial charge in [0.1, 0.15) is 0 Å². The van der Waals surface area contributed by atoms with Gasteiger partial charge in [-0.05, 0) is 42.0 Å². The normalized spacial score (nSPS) is 15.0. The lowest BCUT2D eigenvalue weighted by Crippen LogP contribution is -2.41. The first-order valence-electron chi connectivity index (χ1n) is 9.77. The zero-order valence-electron chi connectivity index (χ0n) is 16.2. The smallest absolute Gasteiger partial charge is 0.225 e. The summed E-state index contributed by atoms with van der Waals surface area (Å²) >= 11 is 0. The Labute approximate surface area is 161 Å². The Morgan fingerprint density at radius 3 is 2.15 bits per heavy atom.